The Labute approximate surface area is 186 Å². The van der Waals surface area contributed by atoms with Crippen LogP contribution < -0.4 is 14.8 Å². The number of nitrogens with one attached hydrogen (secondary N) is 1. The summed E-state index contributed by atoms with van der Waals surface area (Å²) in [5.74, 6) is 1.91. The zero-order valence-electron chi connectivity index (χ0n) is 18.2. The number of nitrogens with zero attached hydrogens (tertiary/aromatic N) is 4. The minimum Gasteiger partial charge on any atom is -0.491 e. The van der Waals surface area contributed by atoms with Crippen molar-refractivity contribution in [2.45, 2.75) is 37.7 Å². The second-order valence-electron chi connectivity index (χ2n) is 9.38. The summed E-state index contributed by atoms with van der Waals surface area (Å²) in [5.41, 5.74) is 2.62. The zero-order chi connectivity index (χ0) is 21.7. The second-order valence-corrected chi connectivity index (χ2v) is 9.38. The third kappa shape index (κ3) is 3.58. The van der Waals surface area contributed by atoms with E-state index in [0.717, 1.165) is 43.7 Å². The lowest BCUT2D eigenvalue weighted by Gasteiger charge is -2.37. The number of hydrogen-bond acceptors (Lipinski definition) is 6. The molecule has 3 aliphatic rings. The first-order valence-corrected chi connectivity index (χ1v) is 11.4. The molecule has 0 atom stereocenters. The van der Waals surface area contributed by atoms with Crippen molar-refractivity contribution in [3.05, 3.63) is 47.9 Å². The van der Waals surface area contributed by atoms with Gasteiger partial charge in [-0.2, -0.15) is 5.10 Å². The quantitative estimate of drug-likeness (QED) is 0.666. The monoisotopic (exact) mass is 433 g/mol. The van der Waals surface area contributed by atoms with Crippen LogP contribution in [-0.4, -0.2) is 57.8 Å². The summed E-state index contributed by atoms with van der Waals surface area (Å²) in [6.45, 7) is 2.73. The summed E-state index contributed by atoms with van der Waals surface area (Å²) in [7, 11) is 2.15. The van der Waals surface area contributed by atoms with Crippen molar-refractivity contribution in [2.75, 3.05) is 32.1 Å². The Morgan fingerprint density at radius 2 is 2.16 bits per heavy atom. The van der Waals surface area contributed by atoms with E-state index in [9.17, 15) is 4.79 Å². The van der Waals surface area contributed by atoms with Gasteiger partial charge in [-0.1, -0.05) is 0 Å². The van der Waals surface area contributed by atoms with E-state index in [1.54, 1.807) is 29.2 Å². The van der Waals surface area contributed by atoms with E-state index < -0.39 is 0 Å². The number of amides is 1. The number of anilines is 1. The molecule has 6 rings (SSSR count). The van der Waals surface area contributed by atoms with E-state index >= 15 is 0 Å². The van der Waals surface area contributed by atoms with Crippen LogP contribution in [0, 0.1) is 5.92 Å². The molecule has 1 spiro atoms. The molecule has 2 fully saturated rings. The summed E-state index contributed by atoms with van der Waals surface area (Å²) in [4.78, 5) is 19.8. The van der Waals surface area contributed by atoms with Crippen molar-refractivity contribution in [1.82, 2.24) is 19.5 Å². The summed E-state index contributed by atoms with van der Waals surface area (Å²) in [5, 5.41) is 7.29. The Balaban J connectivity index is 1.29. The molecule has 1 saturated heterocycles. The predicted octanol–water partition coefficient (Wildman–Crippen LogP) is 3.17. The molecule has 4 heterocycles. The van der Waals surface area contributed by atoms with Gasteiger partial charge in [0.05, 0.1) is 18.5 Å². The maximum Gasteiger partial charge on any atom is 0.261 e. The molecule has 3 aromatic rings. The topological polar surface area (TPSA) is 81.0 Å². The minimum atomic E-state index is -0.247. The van der Waals surface area contributed by atoms with Crippen molar-refractivity contribution in [2.24, 2.45) is 5.92 Å². The van der Waals surface area contributed by atoms with Gasteiger partial charge in [0.15, 0.2) is 5.65 Å². The number of aromatic nitrogens is 3. The van der Waals surface area contributed by atoms with Crippen LogP contribution in [0.1, 0.15) is 41.6 Å². The lowest BCUT2D eigenvalue weighted by atomic mass is 9.87. The van der Waals surface area contributed by atoms with Crippen LogP contribution in [0.5, 0.6) is 11.5 Å². The molecule has 1 amide bonds. The highest BCUT2D eigenvalue weighted by atomic mass is 16.5. The lowest BCUT2D eigenvalue weighted by molar-refractivity contribution is 0.0270. The van der Waals surface area contributed by atoms with E-state index in [0.29, 0.717) is 35.2 Å². The standard InChI is InChI=1S/C24H27N5O3/c1-28-9-5-24(6-10-28)13-17-11-19(21(12-20(17)32-24)31-15-16-3-4-16)27-23(30)18-14-26-29-8-2-7-25-22(18)29/h2,7-8,11-12,14,16H,3-6,9-10,13,15H2,1H3,(H,27,30). The maximum absolute atomic E-state index is 13.1. The third-order valence-corrected chi connectivity index (χ3v) is 6.84. The number of hydrogen-bond donors (Lipinski definition) is 1. The summed E-state index contributed by atoms with van der Waals surface area (Å²) < 4.78 is 14.2. The molecule has 0 bridgehead atoms. The van der Waals surface area contributed by atoms with Crippen molar-refractivity contribution in [1.29, 1.82) is 0 Å². The Kier molecular flexibility index (Phi) is 4.57. The van der Waals surface area contributed by atoms with Crippen molar-refractivity contribution in [3.63, 3.8) is 0 Å². The van der Waals surface area contributed by atoms with Gasteiger partial charge in [-0.25, -0.2) is 9.50 Å². The maximum atomic E-state index is 13.1. The molecule has 1 aromatic carbocycles. The highest BCUT2D eigenvalue weighted by Gasteiger charge is 2.42. The molecule has 8 heteroatoms. The number of likely N-dealkylation sites (tertiary alicyclic amines) is 1. The van der Waals surface area contributed by atoms with Crippen molar-refractivity contribution in [3.8, 4) is 11.5 Å². The molecular formula is C24H27N5O3. The van der Waals surface area contributed by atoms with Gasteiger partial charge in [0.1, 0.15) is 22.7 Å². The van der Waals surface area contributed by atoms with Crippen LogP contribution >= 0.6 is 0 Å². The molecular weight excluding hydrogens is 406 g/mol. The van der Waals surface area contributed by atoms with Gasteiger partial charge in [0.25, 0.3) is 5.91 Å². The van der Waals surface area contributed by atoms with Crippen LogP contribution in [0.15, 0.2) is 36.8 Å². The van der Waals surface area contributed by atoms with Gasteiger partial charge in [-0.05, 0) is 37.9 Å². The highest BCUT2D eigenvalue weighted by molar-refractivity contribution is 6.08. The Morgan fingerprint density at radius 3 is 2.97 bits per heavy atom. The molecule has 166 valence electrons. The Bertz CT molecular complexity index is 1180. The molecule has 1 saturated carbocycles. The number of rotatable bonds is 5. The summed E-state index contributed by atoms with van der Waals surface area (Å²) in [6, 6.07) is 5.78. The molecule has 2 aromatic heterocycles. The molecule has 0 radical (unpaired) electrons. The van der Waals surface area contributed by atoms with Gasteiger partial charge >= 0.3 is 0 Å². The fourth-order valence-corrected chi connectivity index (χ4v) is 4.65. The summed E-state index contributed by atoms with van der Waals surface area (Å²) >= 11 is 0. The van der Waals surface area contributed by atoms with Crippen LogP contribution in [0.3, 0.4) is 0 Å². The van der Waals surface area contributed by atoms with Gasteiger partial charge in [0, 0.05) is 56.4 Å². The van der Waals surface area contributed by atoms with Crippen molar-refractivity contribution < 1.29 is 14.3 Å². The molecule has 32 heavy (non-hydrogen) atoms. The molecule has 2 aliphatic heterocycles. The van der Waals surface area contributed by atoms with Crippen LogP contribution in [0.2, 0.25) is 0 Å². The van der Waals surface area contributed by atoms with Crippen LogP contribution in [0.4, 0.5) is 5.69 Å². The minimum absolute atomic E-state index is 0.141. The average molecular weight is 434 g/mol. The number of carbonyl (C=O) groups is 1. The zero-order valence-corrected chi connectivity index (χ0v) is 18.2. The molecule has 0 unspecified atom stereocenters. The summed E-state index contributed by atoms with van der Waals surface area (Å²) in [6.07, 6.45) is 10.3. The first-order chi connectivity index (χ1) is 15.6. The predicted molar refractivity (Wildman–Crippen MR) is 119 cm³/mol. The van der Waals surface area contributed by atoms with E-state index in [1.165, 1.54) is 12.8 Å². The van der Waals surface area contributed by atoms with Gasteiger partial charge in [-0.3, -0.25) is 4.79 Å². The second kappa shape index (κ2) is 7.48. The van der Waals surface area contributed by atoms with E-state index in [2.05, 4.69) is 27.3 Å². The van der Waals surface area contributed by atoms with Crippen LogP contribution in [-0.2, 0) is 6.42 Å². The Hall–Kier alpha value is -3.13. The van der Waals surface area contributed by atoms with Gasteiger partial charge in [0.2, 0.25) is 0 Å². The smallest absolute Gasteiger partial charge is 0.261 e. The fraction of sp³-hybridized carbons (Fsp3) is 0.458. The lowest BCUT2D eigenvalue weighted by Crippen LogP contribution is -2.45. The van der Waals surface area contributed by atoms with E-state index in [-0.39, 0.29) is 11.5 Å². The normalized spacial score (nSPS) is 19.7. The first-order valence-electron chi connectivity index (χ1n) is 11.4. The molecule has 8 nitrogen and oxygen atoms in total. The molecule has 1 aliphatic carbocycles. The first kappa shape index (κ1) is 19.5. The fourth-order valence-electron chi connectivity index (χ4n) is 4.65. The highest BCUT2D eigenvalue weighted by Crippen LogP contribution is 2.45. The van der Waals surface area contributed by atoms with E-state index in [1.807, 2.05) is 12.1 Å². The van der Waals surface area contributed by atoms with Gasteiger partial charge < -0.3 is 19.7 Å². The van der Waals surface area contributed by atoms with E-state index in [4.69, 9.17) is 9.47 Å². The number of ether oxygens (including phenoxy) is 2. The van der Waals surface area contributed by atoms with Crippen molar-refractivity contribution >= 4 is 17.2 Å². The number of piperidine rings is 1. The third-order valence-electron chi connectivity index (χ3n) is 6.84. The SMILES string of the molecule is CN1CCC2(CC1)Cc1cc(NC(=O)c3cnn4cccnc34)c(OCC3CC3)cc1O2. The number of benzene rings is 1. The average Bonchev–Trinajstić information content (AvgIpc) is 3.42. The Morgan fingerprint density at radius 1 is 1.31 bits per heavy atom. The van der Waals surface area contributed by atoms with Crippen LogP contribution in [0.25, 0.3) is 5.65 Å². The number of fused-ring (bicyclic) bond motifs is 2. The largest absolute Gasteiger partial charge is 0.491 e. The number of carbonyl (C=O) groups excluding carboxylic acids is 1. The molecule has 1 N–H and O–H groups in total. The van der Waals surface area contributed by atoms with Gasteiger partial charge in [-0.15, -0.1) is 0 Å².